The highest BCUT2D eigenvalue weighted by Gasteiger charge is 2.19. The van der Waals surface area contributed by atoms with Gasteiger partial charge in [0.1, 0.15) is 11.6 Å². The summed E-state index contributed by atoms with van der Waals surface area (Å²) in [6.07, 6.45) is 2.18. The normalized spacial score (nSPS) is 14.6. The van der Waals surface area contributed by atoms with Gasteiger partial charge < -0.3 is 15.4 Å². The number of nitrogens with zero attached hydrogens (tertiary/aromatic N) is 1. The Hall–Kier alpha value is -3.22. The van der Waals surface area contributed by atoms with Crippen molar-refractivity contribution in [3.05, 3.63) is 101 Å². The number of piperidine rings is 1. The number of hydrogen-bond acceptors (Lipinski definition) is 4. The lowest BCUT2D eigenvalue weighted by Gasteiger charge is -2.32. The number of nitrogens with one attached hydrogen (secondary N) is 2. The van der Waals surface area contributed by atoms with E-state index in [9.17, 15) is 9.18 Å². The van der Waals surface area contributed by atoms with Crippen LogP contribution in [0.1, 0.15) is 39.9 Å². The lowest BCUT2D eigenvalue weighted by atomic mass is 10.0. The Kier molecular flexibility index (Phi) is 8.28. The van der Waals surface area contributed by atoms with Crippen LogP contribution in [0.5, 0.6) is 5.75 Å². The van der Waals surface area contributed by atoms with Gasteiger partial charge in [-0.15, -0.1) is 0 Å². The summed E-state index contributed by atoms with van der Waals surface area (Å²) in [6.45, 7) is 4.20. The molecule has 1 fully saturated rings. The smallest absolute Gasteiger partial charge is 0.251 e. The van der Waals surface area contributed by atoms with Crippen LogP contribution in [0.2, 0.25) is 0 Å². The second-order valence-electron chi connectivity index (χ2n) is 8.79. The van der Waals surface area contributed by atoms with Gasteiger partial charge in [0.2, 0.25) is 0 Å². The summed E-state index contributed by atoms with van der Waals surface area (Å²) in [5, 5.41) is 6.61. The third-order valence-corrected chi connectivity index (χ3v) is 6.33. The average molecular weight is 462 g/mol. The molecule has 1 amide bonds. The fourth-order valence-electron chi connectivity index (χ4n) is 4.21. The minimum Gasteiger partial charge on any atom is -0.497 e. The highest BCUT2D eigenvalue weighted by molar-refractivity contribution is 5.94. The largest absolute Gasteiger partial charge is 0.497 e. The van der Waals surface area contributed by atoms with Crippen LogP contribution in [0, 0.1) is 5.82 Å². The Bertz CT molecular complexity index is 1040. The SMILES string of the molecule is COc1ccc(CNC(=O)c2ccc(CNC3CCN(Cc4ccc(F)cc4)CC3)cc2)cc1. The van der Waals surface area contributed by atoms with Crippen molar-refractivity contribution in [2.75, 3.05) is 20.2 Å². The molecule has 1 heterocycles. The van der Waals surface area contributed by atoms with Crippen LogP contribution < -0.4 is 15.4 Å². The summed E-state index contributed by atoms with van der Waals surface area (Å²) in [5.41, 5.74) is 4.01. The molecule has 0 aromatic heterocycles. The quantitative estimate of drug-likeness (QED) is 0.492. The summed E-state index contributed by atoms with van der Waals surface area (Å²) in [4.78, 5) is 14.9. The number of rotatable bonds is 9. The van der Waals surface area contributed by atoms with Crippen molar-refractivity contribution in [3.63, 3.8) is 0 Å². The van der Waals surface area contributed by atoms with E-state index in [0.717, 1.165) is 55.9 Å². The molecule has 0 unspecified atom stereocenters. The molecule has 0 bridgehead atoms. The molecule has 0 radical (unpaired) electrons. The molecule has 0 spiro atoms. The van der Waals surface area contributed by atoms with E-state index in [4.69, 9.17) is 4.74 Å². The van der Waals surface area contributed by atoms with E-state index in [1.807, 2.05) is 60.7 Å². The zero-order valence-corrected chi connectivity index (χ0v) is 19.6. The Morgan fingerprint density at radius 3 is 2.12 bits per heavy atom. The Balaban J connectivity index is 1.17. The third kappa shape index (κ3) is 6.89. The van der Waals surface area contributed by atoms with E-state index in [1.165, 1.54) is 17.7 Å². The Morgan fingerprint density at radius 2 is 1.47 bits per heavy atom. The summed E-state index contributed by atoms with van der Waals surface area (Å²) in [7, 11) is 1.64. The standard InChI is InChI=1S/C28H32FN3O2/c1-34-27-12-6-22(7-13-27)19-31-28(33)24-8-2-21(3-9-24)18-30-26-14-16-32(17-15-26)20-23-4-10-25(29)11-5-23/h2-13,26,30H,14-20H2,1H3,(H,31,33). The predicted molar refractivity (Wildman–Crippen MR) is 132 cm³/mol. The van der Waals surface area contributed by atoms with Gasteiger partial charge in [-0.25, -0.2) is 4.39 Å². The number of carbonyl (C=O) groups is 1. The van der Waals surface area contributed by atoms with Crippen molar-refractivity contribution in [1.29, 1.82) is 0 Å². The first-order valence-electron chi connectivity index (χ1n) is 11.8. The zero-order valence-electron chi connectivity index (χ0n) is 19.6. The topological polar surface area (TPSA) is 53.6 Å². The number of benzene rings is 3. The lowest BCUT2D eigenvalue weighted by molar-refractivity contribution is 0.0951. The van der Waals surface area contributed by atoms with Gasteiger partial charge in [0.15, 0.2) is 0 Å². The molecule has 6 heteroatoms. The minimum absolute atomic E-state index is 0.0798. The number of ether oxygens (including phenoxy) is 1. The maximum Gasteiger partial charge on any atom is 0.251 e. The van der Waals surface area contributed by atoms with E-state index >= 15 is 0 Å². The minimum atomic E-state index is -0.186. The molecule has 1 aliphatic rings. The maximum absolute atomic E-state index is 13.1. The van der Waals surface area contributed by atoms with Crippen molar-refractivity contribution in [2.45, 2.75) is 38.5 Å². The molecule has 2 N–H and O–H groups in total. The van der Waals surface area contributed by atoms with E-state index in [0.29, 0.717) is 18.2 Å². The lowest BCUT2D eigenvalue weighted by Crippen LogP contribution is -2.41. The van der Waals surface area contributed by atoms with Crippen molar-refractivity contribution in [2.24, 2.45) is 0 Å². The van der Waals surface area contributed by atoms with Crippen molar-refractivity contribution in [1.82, 2.24) is 15.5 Å². The molecule has 3 aromatic rings. The Morgan fingerprint density at radius 1 is 0.882 bits per heavy atom. The highest BCUT2D eigenvalue weighted by Crippen LogP contribution is 2.15. The fourth-order valence-corrected chi connectivity index (χ4v) is 4.21. The number of halogens is 1. The number of amides is 1. The van der Waals surface area contributed by atoms with E-state index < -0.39 is 0 Å². The van der Waals surface area contributed by atoms with Crippen LogP contribution in [0.4, 0.5) is 4.39 Å². The first-order chi connectivity index (χ1) is 16.6. The second-order valence-corrected chi connectivity index (χ2v) is 8.79. The number of likely N-dealkylation sites (tertiary alicyclic amines) is 1. The molecule has 4 rings (SSSR count). The van der Waals surface area contributed by atoms with Gasteiger partial charge in [0, 0.05) is 31.2 Å². The molecule has 178 valence electrons. The average Bonchev–Trinajstić information content (AvgIpc) is 2.89. The van der Waals surface area contributed by atoms with Crippen molar-refractivity contribution in [3.8, 4) is 5.75 Å². The maximum atomic E-state index is 13.1. The molecule has 0 saturated carbocycles. The van der Waals surface area contributed by atoms with Crippen molar-refractivity contribution < 1.29 is 13.9 Å². The zero-order chi connectivity index (χ0) is 23.8. The molecule has 0 aliphatic carbocycles. The third-order valence-electron chi connectivity index (χ3n) is 6.33. The van der Waals surface area contributed by atoms with Crippen LogP contribution >= 0.6 is 0 Å². The molecular formula is C28H32FN3O2. The first-order valence-corrected chi connectivity index (χ1v) is 11.8. The number of hydrogen-bond donors (Lipinski definition) is 2. The van der Waals surface area contributed by atoms with E-state index in [-0.39, 0.29) is 11.7 Å². The fraction of sp³-hybridized carbons (Fsp3) is 0.321. The van der Waals surface area contributed by atoms with Crippen LogP contribution in [-0.2, 0) is 19.6 Å². The van der Waals surface area contributed by atoms with Crippen molar-refractivity contribution >= 4 is 5.91 Å². The molecule has 5 nitrogen and oxygen atoms in total. The summed E-state index contributed by atoms with van der Waals surface area (Å²) < 4.78 is 18.2. The van der Waals surface area contributed by atoms with Gasteiger partial charge in [-0.1, -0.05) is 36.4 Å². The van der Waals surface area contributed by atoms with Gasteiger partial charge in [0.05, 0.1) is 7.11 Å². The van der Waals surface area contributed by atoms with Gasteiger partial charge in [-0.05, 0) is 79.0 Å². The monoisotopic (exact) mass is 461 g/mol. The number of carbonyl (C=O) groups excluding carboxylic acids is 1. The van der Waals surface area contributed by atoms with Gasteiger partial charge in [-0.3, -0.25) is 9.69 Å². The number of methoxy groups -OCH3 is 1. The second kappa shape index (κ2) is 11.8. The molecule has 1 aliphatic heterocycles. The molecular weight excluding hydrogens is 429 g/mol. The molecule has 34 heavy (non-hydrogen) atoms. The van der Waals surface area contributed by atoms with Crippen LogP contribution in [0.25, 0.3) is 0 Å². The molecule has 0 atom stereocenters. The van der Waals surface area contributed by atoms with Gasteiger partial charge in [-0.2, -0.15) is 0 Å². The summed E-state index contributed by atoms with van der Waals surface area (Å²) >= 11 is 0. The molecule has 1 saturated heterocycles. The van der Waals surface area contributed by atoms with E-state index in [1.54, 1.807) is 7.11 Å². The molecule has 3 aromatic carbocycles. The highest BCUT2D eigenvalue weighted by atomic mass is 19.1. The van der Waals surface area contributed by atoms with Crippen LogP contribution in [0.3, 0.4) is 0 Å². The van der Waals surface area contributed by atoms with Gasteiger partial charge >= 0.3 is 0 Å². The van der Waals surface area contributed by atoms with Crippen LogP contribution in [0.15, 0.2) is 72.8 Å². The predicted octanol–water partition coefficient (Wildman–Crippen LogP) is 4.52. The van der Waals surface area contributed by atoms with Crippen LogP contribution in [-0.4, -0.2) is 37.0 Å². The first kappa shape index (κ1) is 23.9. The summed E-state index contributed by atoms with van der Waals surface area (Å²) in [6, 6.07) is 22.7. The van der Waals surface area contributed by atoms with Gasteiger partial charge in [0.25, 0.3) is 5.91 Å². The summed E-state index contributed by atoms with van der Waals surface area (Å²) in [5.74, 6) is 0.535. The Labute approximate surface area is 200 Å². The van der Waals surface area contributed by atoms with E-state index in [2.05, 4.69) is 15.5 Å².